The number of aliphatic hydroxyl groups excluding tert-OH is 2. The van der Waals surface area contributed by atoms with Crippen LogP contribution >= 0.6 is 0 Å². The topological polar surface area (TPSA) is 78.5 Å². The highest BCUT2D eigenvalue weighted by atomic mass is 16.3. The average Bonchev–Trinajstić information content (AvgIpc) is 2.24. The van der Waals surface area contributed by atoms with Crippen molar-refractivity contribution in [1.29, 1.82) is 0 Å². The predicted molar refractivity (Wildman–Crippen MR) is 60.2 cm³/mol. The molecule has 0 aromatic rings. The Balaban J connectivity index is 0. The summed E-state index contributed by atoms with van der Waals surface area (Å²) in [5, 5.41) is 19.6. The maximum absolute atomic E-state index is 8.30. The maximum atomic E-state index is 8.30. The molecule has 0 aliphatic heterocycles. The van der Waals surface area contributed by atoms with E-state index >= 15 is 0 Å². The Morgan fingerprint density at radius 2 is 1.86 bits per heavy atom. The summed E-state index contributed by atoms with van der Waals surface area (Å²) in [5.74, 6) is 0. The Bertz CT molecular complexity index is 82.2. The molecule has 88 valence electrons. The maximum Gasteiger partial charge on any atom is 0.0582 e. The molecular formula is C10H26N2O2. The van der Waals surface area contributed by atoms with E-state index in [0.717, 1.165) is 19.5 Å². The first-order valence-electron chi connectivity index (χ1n) is 5.40. The van der Waals surface area contributed by atoms with Crippen LogP contribution in [0.3, 0.4) is 0 Å². The molecule has 0 bridgehead atoms. The third-order valence-corrected chi connectivity index (χ3v) is 1.75. The lowest BCUT2D eigenvalue weighted by Crippen LogP contribution is -2.22. The minimum atomic E-state index is -0.00926. The Kier molecular flexibility index (Phi) is 17.8. The molecule has 4 heteroatoms. The molecule has 0 aromatic heterocycles. The van der Waals surface area contributed by atoms with Gasteiger partial charge in [0.05, 0.1) is 13.2 Å². The smallest absolute Gasteiger partial charge is 0.0582 e. The molecule has 1 unspecified atom stereocenters. The van der Waals surface area contributed by atoms with Crippen molar-refractivity contribution in [2.45, 2.75) is 39.2 Å². The van der Waals surface area contributed by atoms with E-state index in [9.17, 15) is 0 Å². The van der Waals surface area contributed by atoms with Gasteiger partial charge in [-0.1, -0.05) is 20.3 Å². The quantitative estimate of drug-likeness (QED) is 0.445. The van der Waals surface area contributed by atoms with Crippen molar-refractivity contribution >= 4 is 0 Å². The van der Waals surface area contributed by atoms with Crippen molar-refractivity contribution in [3.63, 3.8) is 0 Å². The number of nitrogens with one attached hydrogen (secondary N) is 1. The first-order valence-corrected chi connectivity index (χ1v) is 5.40. The van der Waals surface area contributed by atoms with Crippen LogP contribution in [0.1, 0.15) is 33.1 Å². The second-order valence-electron chi connectivity index (χ2n) is 3.18. The number of nitrogens with two attached hydrogens (primary N) is 1. The predicted octanol–water partition coefficient (Wildman–Crippen LogP) is 0.0844. The molecule has 0 aliphatic rings. The van der Waals surface area contributed by atoms with Crippen molar-refractivity contribution < 1.29 is 10.2 Å². The highest BCUT2D eigenvalue weighted by Crippen LogP contribution is 1.80. The second-order valence-corrected chi connectivity index (χ2v) is 3.18. The summed E-state index contributed by atoms with van der Waals surface area (Å²) in [7, 11) is 0. The summed E-state index contributed by atoms with van der Waals surface area (Å²) < 4.78 is 0. The SMILES string of the molecule is CCC(N)CO.CCCCNCCO. The fourth-order valence-corrected chi connectivity index (χ4v) is 0.635. The first kappa shape index (κ1) is 16.3. The van der Waals surface area contributed by atoms with E-state index in [1.54, 1.807) is 0 Å². The van der Waals surface area contributed by atoms with E-state index in [4.69, 9.17) is 15.9 Å². The molecule has 0 heterocycles. The van der Waals surface area contributed by atoms with Crippen LogP contribution in [0.25, 0.3) is 0 Å². The molecule has 0 rings (SSSR count). The van der Waals surface area contributed by atoms with Gasteiger partial charge in [-0.25, -0.2) is 0 Å². The van der Waals surface area contributed by atoms with Gasteiger partial charge in [-0.2, -0.15) is 0 Å². The van der Waals surface area contributed by atoms with Crippen LogP contribution in [0.4, 0.5) is 0 Å². The van der Waals surface area contributed by atoms with Gasteiger partial charge in [-0.05, 0) is 19.4 Å². The lowest BCUT2D eigenvalue weighted by atomic mass is 10.3. The molecule has 0 aliphatic carbocycles. The zero-order chi connectivity index (χ0) is 11.2. The molecule has 0 fully saturated rings. The van der Waals surface area contributed by atoms with Gasteiger partial charge >= 0.3 is 0 Å². The fourth-order valence-electron chi connectivity index (χ4n) is 0.635. The van der Waals surface area contributed by atoms with E-state index in [-0.39, 0.29) is 19.3 Å². The Labute approximate surface area is 87.5 Å². The highest BCUT2D eigenvalue weighted by molar-refractivity contribution is 4.51. The number of unbranched alkanes of at least 4 members (excludes halogenated alkanes) is 1. The lowest BCUT2D eigenvalue weighted by Gasteiger charge is -1.98. The van der Waals surface area contributed by atoms with Crippen molar-refractivity contribution in [3.05, 3.63) is 0 Å². The van der Waals surface area contributed by atoms with Gasteiger partial charge in [-0.15, -0.1) is 0 Å². The molecule has 0 saturated heterocycles. The highest BCUT2D eigenvalue weighted by Gasteiger charge is 1.90. The summed E-state index contributed by atoms with van der Waals surface area (Å²) in [6.07, 6.45) is 3.29. The van der Waals surface area contributed by atoms with E-state index in [0.29, 0.717) is 0 Å². The van der Waals surface area contributed by atoms with Crippen LogP contribution < -0.4 is 11.1 Å². The van der Waals surface area contributed by atoms with Gasteiger partial charge in [0.25, 0.3) is 0 Å². The van der Waals surface area contributed by atoms with Gasteiger partial charge in [0, 0.05) is 12.6 Å². The Hall–Kier alpha value is -0.160. The normalized spacial score (nSPS) is 11.8. The third kappa shape index (κ3) is 17.8. The summed E-state index contributed by atoms with van der Waals surface area (Å²) in [4.78, 5) is 0. The monoisotopic (exact) mass is 206 g/mol. The van der Waals surface area contributed by atoms with E-state index in [1.165, 1.54) is 12.8 Å². The number of aliphatic hydroxyl groups is 2. The molecule has 0 spiro atoms. The minimum absolute atomic E-state index is 0.00926. The molecular weight excluding hydrogens is 180 g/mol. The first-order chi connectivity index (χ1) is 6.72. The van der Waals surface area contributed by atoms with Gasteiger partial charge < -0.3 is 21.3 Å². The van der Waals surface area contributed by atoms with Gasteiger partial charge in [0.1, 0.15) is 0 Å². The van der Waals surface area contributed by atoms with Crippen LogP contribution in [0.2, 0.25) is 0 Å². The zero-order valence-corrected chi connectivity index (χ0v) is 9.50. The summed E-state index contributed by atoms with van der Waals surface area (Å²) >= 11 is 0. The average molecular weight is 206 g/mol. The van der Waals surface area contributed by atoms with Crippen molar-refractivity contribution in [2.75, 3.05) is 26.3 Å². The molecule has 4 nitrogen and oxygen atoms in total. The summed E-state index contributed by atoms with van der Waals surface area (Å²) in [6, 6.07) is -0.00926. The standard InChI is InChI=1S/C6H15NO.C4H11NO/c1-2-3-4-7-5-6-8;1-2-4(5)3-6/h7-8H,2-6H2,1H3;4,6H,2-3,5H2,1H3. The second kappa shape index (κ2) is 15.3. The fraction of sp³-hybridized carbons (Fsp3) is 1.00. The molecule has 0 aromatic carbocycles. The summed E-state index contributed by atoms with van der Waals surface area (Å²) in [5.41, 5.74) is 5.22. The van der Waals surface area contributed by atoms with Crippen LogP contribution in [0, 0.1) is 0 Å². The number of hydrogen-bond acceptors (Lipinski definition) is 4. The minimum Gasteiger partial charge on any atom is -0.395 e. The Morgan fingerprint density at radius 1 is 1.21 bits per heavy atom. The molecule has 0 saturated carbocycles. The van der Waals surface area contributed by atoms with Crippen molar-refractivity contribution in [3.8, 4) is 0 Å². The van der Waals surface area contributed by atoms with Crippen LogP contribution in [0.15, 0.2) is 0 Å². The van der Waals surface area contributed by atoms with E-state index in [1.807, 2.05) is 6.92 Å². The van der Waals surface area contributed by atoms with Gasteiger partial charge in [0.2, 0.25) is 0 Å². The van der Waals surface area contributed by atoms with Crippen LogP contribution in [-0.4, -0.2) is 42.6 Å². The number of rotatable bonds is 7. The third-order valence-electron chi connectivity index (χ3n) is 1.75. The molecule has 5 N–H and O–H groups in total. The van der Waals surface area contributed by atoms with Gasteiger partial charge in [-0.3, -0.25) is 0 Å². The Morgan fingerprint density at radius 3 is 2.14 bits per heavy atom. The lowest BCUT2D eigenvalue weighted by molar-refractivity contribution is 0.263. The van der Waals surface area contributed by atoms with Crippen LogP contribution in [0.5, 0.6) is 0 Å². The van der Waals surface area contributed by atoms with E-state index < -0.39 is 0 Å². The largest absolute Gasteiger partial charge is 0.395 e. The summed E-state index contributed by atoms with van der Waals surface area (Å²) in [6.45, 7) is 6.23. The van der Waals surface area contributed by atoms with Crippen LogP contribution in [-0.2, 0) is 0 Å². The molecule has 0 amide bonds. The van der Waals surface area contributed by atoms with E-state index in [2.05, 4.69) is 12.2 Å². The zero-order valence-electron chi connectivity index (χ0n) is 9.50. The molecule has 0 radical (unpaired) electrons. The molecule has 1 atom stereocenters. The molecule has 14 heavy (non-hydrogen) atoms. The van der Waals surface area contributed by atoms with Gasteiger partial charge in [0.15, 0.2) is 0 Å². The van der Waals surface area contributed by atoms with Crippen molar-refractivity contribution in [1.82, 2.24) is 5.32 Å². The van der Waals surface area contributed by atoms with Crippen molar-refractivity contribution in [2.24, 2.45) is 5.73 Å². The number of hydrogen-bond donors (Lipinski definition) is 4.